The van der Waals surface area contributed by atoms with Gasteiger partial charge in [-0.25, -0.2) is 8.78 Å². The lowest BCUT2D eigenvalue weighted by Crippen LogP contribution is -2.54. The number of rotatable bonds is 6. The third-order valence-corrected chi connectivity index (χ3v) is 7.55. The van der Waals surface area contributed by atoms with Crippen LogP contribution < -0.4 is 15.5 Å². The quantitative estimate of drug-likeness (QED) is 0.474. The average Bonchev–Trinajstić information content (AvgIpc) is 2.94. The lowest BCUT2D eigenvalue weighted by atomic mass is 10.0. The number of amides is 3. The number of likely N-dealkylation sites (N-methyl/N-ethyl adjacent to an activating group) is 1. The number of thioether (sulfide) groups is 1. The Morgan fingerprint density at radius 2 is 1.76 bits per heavy atom. The van der Waals surface area contributed by atoms with Crippen molar-refractivity contribution in [1.29, 1.82) is 0 Å². The van der Waals surface area contributed by atoms with Crippen molar-refractivity contribution in [2.24, 2.45) is 0 Å². The summed E-state index contributed by atoms with van der Waals surface area (Å²) in [5.41, 5.74) is 1.61. The van der Waals surface area contributed by atoms with Crippen LogP contribution in [0.1, 0.15) is 23.3 Å². The topological polar surface area (TPSA) is 78.5 Å². The Hall–Kier alpha value is -3.43. The van der Waals surface area contributed by atoms with Gasteiger partial charge in [-0.2, -0.15) is 0 Å². The molecule has 1 aliphatic heterocycles. The number of halogens is 3. The standard InChI is InChI=1S/C27H24ClF2N3O3S/c1-15(31-23(34)12-16-10-19(29)14-20(30)11-16)26(35)32-24-25(17-6-5-7-18(28)13-17)37-22-9-4-3-8-21(22)33(2)27(24)36/h3-11,13-15,24-25H,12H2,1-2H3,(H,31,34)(H,32,35)/t15-,24-,25+/m0/s1. The van der Waals surface area contributed by atoms with Crippen LogP contribution in [0.3, 0.4) is 0 Å². The highest BCUT2D eigenvalue weighted by molar-refractivity contribution is 7.99. The van der Waals surface area contributed by atoms with Crippen LogP contribution in [0.2, 0.25) is 5.02 Å². The van der Waals surface area contributed by atoms with E-state index in [1.165, 1.54) is 23.6 Å². The number of fused-ring (bicyclic) bond motifs is 1. The molecule has 37 heavy (non-hydrogen) atoms. The van der Waals surface area contributed by atoms with E-state index in [-0.39, 0.29) is 17.9 Å². The molecule has 3 atom stereocenters. The van der Waals surface area contributed by atoms with Crippen molar-refractivity contribution in [1.82, 2.24) is 10.6 Å². The Labute approximate surface area is 222 Å². The lowest BCUT2D eigenvalue weighted by Gasteiger charge is -2.28. The van der Waals surface area contributed by atoms with Gasteiger partial charge in [-0.1, -0.05) is 35.9 Å². The second kappa shape index (κ2) is 11.3. The molecule has 0 spiro atoms. The summed E-state index contributed by atoms with van der Waals surface area (Å²) >= 11 is 7.66. The number of anilines is 1. The summed E-state index contributed by atoms with van der Waals surface area (Å²) in [6.45, 7) is 1.47. The van der Waals surface area contributed by atoms with Crippen LogP contribution in [0.15, 0.2) is 71.6 Å². The van der Waals surface area contributed by atoms with Crippen LogP contribution >= 0.6 is 23.4 Å². The zero-order valence-corrected chi connectivity index (χ0v) is 21.6. The van der Waals surface area contributed by atoms with E-state index in [9.17, 15) is 23.2 Å². The molecule has 0 unspecified atom stereocenters. The maximum atomic E-state index is 13.6. The molecule has 3 amide bonds. The van der Waals surface area contributed by atoms with Crippen molar-refractivity contribution in [3.63, 3.8) is 0 Å². The molecule has 0 saturated carbocycles. The summed E-state index contributed by atoms with van der Waals surface area (Å²) in [5.74, 6) is -3.09. The number of nitrogens with one attached hydrogen (secondary N) is 2. The molecule has 4 rings (SSSR count). The fourth-order valence-electron chi connectivity index (χ4n) is 4.11. The molecule has 3 aromatic rings. The van der Waals surface area contributed by atoms with Crippen molar-refractivity contribution in [2.75, 3.05) is 11.9 Å². The molecule has 1 aliphatic rings. The number of carbonyl (C=O) groups excluding carboxylic acids is 3. The van der Waals surface area contributed by atoms with Gasteiger partial charge in [0.25, 0.3) is 5.91 Å². The summed E-state index contributed by atoms with van der Waals surface area (Å²) in [6.07, 6.45) is -0.312. The van der Waals surface area contributed by atoms with E-state index in [2.05, 4.69) is 10.6 Å². The normalized spacial score (nSPS) is 18.0. The minimum atomic E-state index is -1.01. The number of hydrogen-bond acceptors (Lipinski definition) is 4. The van der Waals surface area contributed by atoms with E-state index >= 15 is 0 Å². The SMILES string of the molecule is C[C@H](NC(=O)Cc1cc(F)cc(F)c1)C(=O)N[C@@H]1C(=O)N(C)c2ccccc2S[C@@H]1c1cccc(Cl)c1. The minimum Gasteiger partial charge on any atom is -0.344 e. The second-order valence-electron chi connectivity index (χ2n) is 8.69. The maximum Gasteiger partial charge on any atom is 0.250 e. The number of carbonyl (C=O) groups is 3. The van der Waals surface area contributed by atoms with Gasteiger partial charge in [0.2, 0.25) is 11.8 Å². The predicted molar refractivity (Wildman–Crippen MR) is 139 cm³/mol. The molecule has 0 saturated heterocycles. The Bertz CT molecular complexity index is 1340. The van der Waals surface area contributed by atoms with Crippen LogP contribution in [-0.4, -0.2) is 36.9 Å². The van der Waals surface area contributed by atoms with Crippen molar-refractivity contribution in [3.8, 4) is 0 Å². The van der Waals surface area contributed by atoms with E-state index in [1.54, 1.807) is 25.2 Å². The summed E-state index contributed by atoms with van der Waals surface area (Å²) in [4.78, 5) is 41.5. The number of hydrogen-bond donors (Lipinski definition) is 2. The molecule has 10 heteroatoms. The molecule has 0 fully saturated rings. The fraction of sp³-hybridized carbons (Fsp3) is 0.222. The van der Waals surface area contributed by atoms with Gasteiger partial charge in [0, 0.05) is 23.0 Å². The van der Waals surface area contributed by atoms with Gasteiger partial charge in [-0.3, -0.25) is 14.4 Å². The lowest BCUT2D eigenvalue weighted by molar-refractivity contribution is -0.130. The second-order valence-corrected chi connectivity index (χ2v) is 10.3. The van der Waals surface area contributed by atoms with Gasteiger partial charge in [0.15, 0.2) is 0 Å². The molecule has 2 N–H and O–H groups in total. The Morgan fingerprint density at radius 3 is 2.46 bits per heavy atom. The third-order valence-electron chi connectivity index (χ3n) is 5.91. The molecule has 0 aliphatic carbocycles. The van der Waals surface area contributed by atoms with E-state index in [1.807, 2.05) is 30.3 Å². The molecule has 0 radical (unpaired) electrons. The maximum absolute atomic E-state index is 13.6. The summed E-state index contributed by atoms with van der Waals surface area (Å²) in [5, 5.41) is 5.33. The highest BCUT2D eigenvalue weighted by Gasteiger charge is 2.39. The molecule has 1 heterocycles. The Balaban J connectivity index is 1.54. The van der Waals surface area contributed by atoms with Crippen LogP contribution in [0, 0.1) is 11.6 Å². The molecule has 3 aromatic carbocycles. The van der Waals surface area contributed by atoms with Crippen molar-refractivity contribution >= 4 is 46.8 Å². The highest BCUT2D eigenvalue weighted by Crippen LogP contribution is 2.45. The summed E-state index contributed by atoms with van der Waals surface area (Å²) < 4.78 is 26.9. The van der Waals surface area contributed by atoms with E-state index < -0.39 is 40.8 Å². The van der Waals surface area contributed by atoms with E-state index in [4.69, 9.17) is 11.6 Å². The first-order chi connectivity index (χ1) is 17.6. The van der Waals surface area contributed by atoms with Crippen molar-refractivity contribution in [2.45, 2.75) is 35.6 Å². The van der Waals surface area contributed by atoms with Gasteiger partial charge in [0.05, 0.1) is 17.4 Å². The van der Waals surface area contributed by atoms with Crippen molar-refractivity contribution < 1.29 is 23.2 Å². The van der Waals surface area contributed by atoms with E-state index in [0.717, 1.165) is 22.6 Å². The van der Waals surface area contributed by atoms with E-state index in [0.29, 0.717) is 16.8 Å². The Morgan fingerprint density at radius 1 is 1.05 bits per heavy atom. The number of nitrogens with zero attached hydrogens (tertiary/aromatic N) is 1. The molecule has 6 nitrogen and oxygen atoms in total. The summed E-state index contributed by atoms with van der Waals surface area (Å²) in [7, 11) is 1.64. The highest BCUT2D eigenvalue weighted by atomic mass is 35.5. The number of para-hydroxylation sites is 1. The summed E-state index contributed by atoms with van der Waals surface area (Å²) in [6, 6.07) is 15.4. The smallest absolute Gasteiger partial charge is 0.250 e. The monoisotopic (exact) mass is 543 g/mol. The molecule has 0 bridgehead atoms. The third kappa shape index (κ3) is 6.29. The molecule has 0 aromatic heterocycles. The molecular formula is C27H24ClF2N3O3S. The number of benzene rings is 3. The van der Waals surface area contributed by atoms with Crippen LogP contribution in [-0.2, 0) is 20.8 Å². The largest absolute Gasteiger partial charge is 0.344 e. The first kappa shape index (κ1) is 26.6. The van der Waals surface area contributed by atoms with Gasteiger partial charge in [0.1, 0.15) is 23.7 Å². The van der Waals surface area contributed by atoms with Crippen LogP contribution in [0.4, 0.5) is 14.5 Å². The first-order valence-electron chi connectivity index (χ1n) is 11.5. The van der Waals surface area contributed by atoms with Crippen LogP contribution in [0.25, 0.3) is 0 Å². The molecule has 192 valence electrons. The Kier molecular flexibility index (Phi) is 8.14. The predicted octanol–water partition coefficient (Wildman–Crippen LogP) is 4.66. The van der Waals surface area contributed by atoms with Gasteiger partial charge < -0.3 is 15.5 Å². The minimum absolute atomic E-state index is 0.137. The molecular weight excluding hydrogens is 520 g/mol. The van der Waals surface area contributed by atoms with Crippen molar-refractivity contribution in [3.05, 3.63) is 94.5 Å². The fourth-order valence-corrected chi connectivity index (χ4v) is 5.67. The zero-order chi connectivity index (χ0) is 26.7. The van der Waals surface area contributed by atoms with Crippen LogP contribution in [0.5, 0.6) is 0 Å². The average molecular weight is 544 g/mol. The first-order valence-corrected chi connectivity index (χ1v) is 12.7. The van der Waals surface area contributed by atoms with Gasteiger partial charge in [-0.15, -0.1) is 11.8 Å². The van der Waals surface area contributed by atoms with Gasteiger partial charge >= 0.3 is 0 Å². The zero-order valence-electron chi connectivity index (χ0n) is 20.0. The van der Waals surface area contributed by atoms with Gasteiger partial charge in [-0.05, 0) is 54.4 Å².